The smallest absolute Gasteiger partial charge is 0.228 e. The van der Waals surface area contributed by atoms with Gasteiger partial charge in [-0.1, -0.05) is 42.0 Å². The number of nitrogens with one attached hydrogen (secondary N) is 1. The van der Waals surface area contributed by atoms with Gasteiger partial charge in [0.15, 0.2) is 0 Å². The van der Waals surface area contributed by atoms with E-state index in [-0.39, 0.29) is 11.8 Å². The first-order valence-electron chi connectivity index (χ1n) is 9.04. The molecule has 1 fully saturated rings. The normalized spacial score (nSPS) is 29.5. The van der Waals surface area contributed by atoms with Gasteiger partial charge in [-0.25, -0.2) is 0 Å². The summed E-state index contributed by atoms with van der Waals surface area (Å²) in [5.74, 6) is 1.38. The van der Waals surface area contributed by atoms with Gasteiger partial charge in [-0.05, 0) is 75.0 Å². The predicted molar refractivity (Wildman–Crippen MR) is 101 cm³/mol. The Balaban J connectivity index is 1.65. The van der Waals surface area contributed by atoms with Crippen LogP contribution in [0.2, 0.25) is 5.02 Å². The molecule has 0 spiro atoms. The molecule has 1 amide bonds. The average Bonchev–Trinajstić information content (AvgIpc) is 3.24. The van der Waals surface area contributed by atoms with E-state index in [1.807, 2.05) is 25.1 Å². The number of fused-ring (bicyclic) bond motifs is 1. The number of rotatable bonds is 2. The first-order valence-corrected chi connectivity index (χ1v) is 9.42. The van der Waals surface area contributed by atoms with Gasteiger partial charge in [-0.15, -0.1) is 0 Å². The molecule has 1 unspecified atom stereocenters. The predicted octanol–water partition coefficient (Wildman–Crippen LogP) is 5.92. The van der Waals surface area contributed by atoms with E-state index < -0.39 is 0 Å². The number of carbonyl (C=O) groups excluding carboxylic acids is 1. The van der Waals surface area contributed by atoms with Crippen LogP contribution in [0, 0.1) is 24.7 Å². The van der Waals surface area contributed by atoms with Crippen LogP contribution < -0.4 is 5.32 Å². The van der Waals surface area contributed by atoms with Crippen LogP contribution >= 0.6 is 11.6 Å². The summed E-state index contributed by atoms with van der Waals surface area (Å²) in [6, 6.07) is 5.67. The van der Waals surface area contributed by atoms with Crippen molar-refractivity contribution in [1.82, 2.24) is 0 Å². The van der Waals surface area contributed by atoms with Gasteiger partial charge in [-0.2, -0.15) is 0 Å². The van der Waals surface area contributed by atoms with Crippen molar-refractivity contribution in [3.05, 3.63) is 53.1 Å². The number of amides is 1. The Morgan fingerprint density at radius 2 is 1.58 bits per heavy atom. The third kappa shape index (κ3) is 4.10. The fraction of sp³-hybridized carbons (Fsp3) is 0.476. The Kier molecular flexibility index (Phi) is 5.78. The van der Waals surface area contributed by atoms with E-state index >= 15 is 0 Å². The van der Waals surface area contributed by atoms with Gasteiger partial charge >= 0.3 is 0 Å². The topological polar surface area (TPSA) is 29.1 Å². The Morgan fingerprint density at radius 3 is 2.21 bits per heavy atom. The van der Waals surface area contributed by atoms with Crippen LogP contribution in [-0.2, 0) is 4.79 Å². The lowest BCUT2D eigenvalue weighted by atomic mass is 10.1. The van der Waals surface area contributed by atoms with E-state index in [1.54, 1.807) is 0 Å². The minimum Gasteiger partial charge on any atom is -0.326 e. The molecular weight excluding hydrogens is 318 g/mol. The average molecular weight is 344 g/mol. The number of benzene rings is 1. The van der Waals surface area contributed by atoms with E-state index in [0.29, 0.717) is 16.9 Å². The maximum atomic E-state index is 12.7. The zero-order chi connectivity index (χ0) is 16.9. The van der Waals surface area contributed by atoms with Crippen molar-refractivity contribution in [1.29, 1.82) is 0 Å². The van der Waals surface area contributed by atoms with E-state index in [2.05, 4.69) is 29.6 Å². The van der Waals surface area contributed by atoms with Gasteiger partial charge in [0, 0.05) is 16.6 Å². The largest absolute Gasteiger partial charge is 0.326 e. The second kappa shape index (κ2) is 8.02. The van der Waals surface area contributed by atoms with Gasteiger partial charge in [-0.3, -0.25) is 4.79 Å². The van der Waals surface area contributed by atoms with Crippen molar-refractivity contribution in [3.8, 4) is 0 Å². The summed E-state index contributed by atoms with van der Waals surface area (Å²) in [5.41, 5.74) is 1.78. The minimum atomic E-state index is 0.158. The molecule has 0 radical (unpaired) electrons. The van der Waals surface area contributed by atoms with Gasteiger partial charge in [0.2, 0.25) is 5.91 Å². The van der Waals surface area contributed by atoms with Gasteiger partial charge in [0.05, 0.1) is 0 Å². The molecule has 2 aliphatic rings. The van der Waals surface area contributed by atoms with Crippen molar-refractivity contribution < 1.29 is 4.79 Å². The van der Waals surface area contributed by atoms with Gasteiger partial charge in [0.25, 0.3) is 0 Å². The third-order valence-electron chi connectivity index (χ3n) is 5.33. The Morgan fingerprint density at radius 1 is 1.00 bits per heavy atom. The first kappa shape index (κ1) is 17.3. The molecule has 0 aromatic heterocycles. The van der Waals surface area contributed by atoms with E-state index in [1.165, 1.54) is 0 Å². The standard InChI is InChI=1S/C21H26ClNO/c1-15-18(22)13-10-14-19(15)23-21(24)20-16-11-8-6-4-2-3-5-7-9-12-17(16)20/h4-7,10,13-14,16-17,20H,2-3,8-9,11-12H2,1H3,(H,23,24)/b6-4-,7-5+/t16-,17-,20?/m1/s1. The first-order chi connectivity index (χ1) is 11.7. The third-order valence-corrected chi connectivity index (χ3v) is 5.74. The highest BCUT2D eigenvalue weighted by atomic mass is 35.5. The summed E-state index contributed by atoms with van der Waals surface area (Å²) in [6.07, 6.45) is 15.8. The molecule has 0 saturated heterocycles. The molecule has 2 aliphatic carbocycles. The molecule has 3 rings (SSSR count). The lowest BCUT2D eigenvalue weighted by Crippen LogP contribution is -2.16. The van der Waals surface area contributed by atoms with Crippen molar-refractivity contribution in [3.63, 3.8) is 0 Å². The van der Waals surface area contributed by atoms with Gasteiger partial charge < -0.3 is 5.32 Å². The van der Waals surface area contributed by atoms with E-state index in [0.717, 1.165) is 49.8 Å². The zero-order valence-electron chi connectivity index (χ0n) is 14.3. The monoisotopic (exact) mass is 343 g/mol. The number of anilines is 1. The van der Waals surface area contributed by atoms with Crippen LogP contribution in [-0.4, -0.2) is 5.91 Å². The van der Waals surface area contributed by atoms with Crippen LogP contribution in [0.25, 0.3) is 0 Å². The number of hydrogen-bond donors (Lipinski definition) is 1. The number of carbonyl (C=O) groups is 1. The summed E-state index contributed by atoms with van der Waals surface area (Å²) in [6.45, 7) is 1.95. The molecule has 1 saturated carbocycles. The van der Waals surface area contributed by atoms with Crippen molar-refractivity contribution in [2.24, 2.45) is 17.8 Å². The van der Waals surface area contributed by atoms with E-state index in [9.17, 15) is 4.79 Å². The molecule has 2 nitrogen and oxygen atoms in total. The molecule has 3 atom stereocenters. The van der Waals surface area contributed by atoms with Crippen LogP contribution in [0.15, 0.2) is 42.5 Å². The molecule has 0 heterocycles. The summed E-state index contributed by atoms with van der Waals surface area (Å²) in [7, 11) is 0. The second-order valence-corrected chi connectivity index (χ2v) is 7.34. The highest BCUT2D eigenvalue weighted by molar-refractivity contribution is 6.31. The molecule has 0 bridgehead atoms. The molecule has 128 valence electrons. The number of halogens is 1. The molecule has 1 aromatic carbocycles. The van der Waals surface area contributed by atoms with Crippen LogP contribution in [0.5, 0.6) is 0 Å². The van der Waals surface area contributed by atoms with Gasteiger partial charge in [0.1, 0.15) is 0 Å². The fourth-order valence-corrected chi connectivity index (χ4v) is 4.00. The summed E-state index contributed by atoms with van der Waals surface area (Å²) in [4.78, 5) is 12.7. The summed E-state index contributed by atoms with van der Waals surface area (Å²) < 4.78 is 0. The lowest BCUT2D eigenvalue weighted by Gasteiger charge is -2.09. The minimum absolute atomic E-state index is 0.158. The molecule has 3 heteroatoms. The number of allylic oxidation sites excluding steroid dienone is 4. The molecule has 0 aliphatic heterocycles. The molecular formula is C21H26ClNO. The lowest BCUT2D eigenvalue weighted by molar-refractivity contribution is -0.117. The van der Waals surface area contributed by atoms with Crippen LogP contribution in [0.4, 0.5) is 5.69 Å². The van der Waals surface area contributed by atoms with Crippen molar-refractivity contribution >= 4 is 23.2 Å². The summed E-state index contributed by atoms with van der Waals surface area (Å²) >= 11 is 6.16. The maximum Gasteiger partial charge on any atom is 0.228 e. The second-order valence-electron chi connectivity index (χ2n) is 6.93. The van der Waals surface area contributed by atoms with Crippen LogP contribution in [0.3, 0.4) is 0 Å². The van der Waals surface area contributed by atoms with Crippen molar-refractivity contribution in [2.75, 3.05) is 5.32 Å². The molecule has 24 heavy (non-hydrogen) atoms. The van der Waals surface area contributed by atoms with Crippen LogP contribution in [0.1, 0.15) is 44.1 Å². The molecule has 1 N–H and O–H groups in total. The molecule has 1 aromatic rings. The highest BCUT2D eigenvalue weighted by Crippen LogP contribution is 2.52. The van der Waals surface area contributed by atoms with Crippen molar-refractivity contribution in [2.45, 2.75) is 45.4 Å². The number of hydrogen-bond acceptors (Lipinski definition) is 1. The maximum absolute atomic E-state index is 12.7. The fourth-order valence-electron chi connectivity index (χ4n) is 3.82. The Labute approximate surface area is 150 Å². The zero-order valence-corrected chi connectivity index (χ0v) is 15.1. The van der Waals surface area contributed by atoms with E-state index in [4.69, 9.17) is 11.6 Å². The Bertz CT molecular complexity index is 625. The summed E-state index contributed by atoms with van der Waals surface area (Å²) in [5, 5.41) is 3.81. The Hall–Kier alpha value is -1.54. The highest BCUT2D eigenvalue weighted by Gasteiger charge is 2.52. The SMILES string of the molecule is Cc1c(Cl)cccc1NC(=O)C1[C@@H]2CC/C=C\CC/C=C/CC[C@@H]12. The quantitative estimate of drug-likeness (QED) is 0.664.